The number of amides is 1. The summed E-state index contributed by atoms with van der Waals surface area (Å²) >= 11 is 0. The zero-order valence-corrected chi connectivity index (χ0v) is 10.7. The molecule has 19 heavy (non-hydrogen) atoms. The van der Waals surface area contributed by atoms with Crippen LogP contribution in [0.2, 0.25) is 0 Å². The average molecular weight is 259 g/mol. The quantitative estimate of drug-likeness (QED) is 0.857. The highest BCUT2D eigenvalue weighted by atomic mass is 16.2. The van der Waals surface area contributed by atoms with E-state index in [1.807, 2.05) is 0 Å². The molecule has 4 rings (SSSR count). The Morgan fingerprint density at radius 1 is 1.42 bits per heavy atom. The maximum absolute atomic E-state index is 12.1. The Labute approximate surface area is 112 Å². The molecule has 0 spiro atoms. The van der Waals surface area contributed by atoms with Gasteiger partial charge in [-0.25, -0.2) is 0 Å². The number of ketones is 1. The molecule has 1 aromatic heterocycles. The highest BCUT2D eigenvalue weighted by Crippen LogP contribution is 2.28. The van der Waals surface area contributed by atoms with Gasteiger partial charge in [-0.1, -0.05) is 0 Å². The summed E-state index contributed by atoms with van der Waals surface area (Å²) in [5, 5.41) is 2.84. The molecule has 3 saturated heterocycles. The lowest BCUT2D eigenvalue weighted by Crippen LogP contribution is -2.59. The van der Waals surface area contributed by atoms with Gasteiger partial charge in [0.1, 0.15) is 0 Å². The van der Waals surface area contributed by atoms with Crippen molar-refractivity contribution in [2.45, 2.75) is 18.9 Å². The second-order valence-electron chi connectivity index (χ2n) is 5.18. The number of carbonyl (C=O) groups excluding carboxylic acids is 2. The molecule has 4 heterocycles. The van der Waals surface area contributed by atoms with E-state index in [0.717, 1.165) is 25.9 Å². The van der Waals surface area contributed by atoms with Crippen molar-refractivity contribution in [3.63, 3.8) is 0 Å². The Morgan fingerprint density at radius 2 is 2.21 bits per heavy atom. The number of Topliss-reactive ketones (excluding diaryl/α,β-unsaturated/α-hetero) is 1. The second kappa shape index (κ2) is 5.09. The van der Waals surface area contributed by atoms with Crippen LogP contribution < -0.4 is 5.32 Å². The summed E-state index contributed by atoms with van der Waals surface area (Å²) in [6.07, 6.45) is 5.12. The molecule has 1 unspecified atom stereocenters. The molecule has 1 N–H and O–H groups in total. The number of fused-ring (bicyclic) bond motifs is 3. The fraction of sp³-hybridized carbons (Fsp3) is 0.500. The maximum Gasteiger partial charge on any atom is 0.252 e. The highest BCUT2D eigenvalue weighted by molar-refractivity contribution is 5.94. The second-order valence-corrected chi connectivity index (χ2v) is 5.18. The largest absolute Gasteiger partial charge is 0.350 e. The number of rotatable bonds is 3. The number of piperidine rings is 3. The van der Waals surface area contributed by atoms with Crippen LogP contribution in [0.25, 0.3) is 0 Å². The lowest BCUT2D eigenvalue weighted by atomic mass is 9.82. The number of hydrogen-bond acceptors (Lipinski definition) is 4. The third kappa shape index (κ3) is 2.38. The summed E-state index contributed by atoms with van der Waals surface area (Å²) in [6.45, 7) is 2.36. The maximum atomic E-state index is 12.1. The predicted molar refractivity (Wildman–Crippen MR) is 69.7 cm³/mol. The van der Waals surface area contributed by atoms with Crippen molar-refractivity contribution in [3.05, 3.63) is 30.1 Å². The molecule has 1 aromatic rings. The van der Waals surface area contributed by atoms with E-state index in [1.165, 1.54) is 6.20 Å². The van der Waals surface area contributed by atoms with Gasteiger partial charge >= 0.3 is 0 Å². The molecule has 1 amide bonds. The molecule has 0 radical (unpaired) electrons. The van der Waals surface area contributed by atoms with E-state index < -0.39 is 0 Å². The molecule has 3 fully saturated rings. The van der Waals surface area contributed by atoms with E-state index in [9.17, 15) is 9.59 Å². The Morgan fingerprint density at radius 3 is 2.84 bits per heavy atom. The zero-order valence-electron chi connectivity index (χ0n) is 10.7. The van der Waals surface area contributed by atoms with Crippen molar-refractivity contribution in [2.75, 3.05) is 19.6 Å². The van der Waals surface area contributed by atoms with Gasteiger partial charge in [0.05, 0.1) is 11.6 Å². The summed E-state index contributed by atoms with van der Waals surface area (Å²) < 4.78 is 0. The molecule has 0 aliphatic carbocycles. The first-order chi connectivity index (χ1) is 9.25. The van der Waals surface area contributed by atoms with Crippen LogP contribution in [-0.2, 0) is 4.79 Å². The lowest BCUT2D eigenvalue weighted by molar-refractivity contribution is -0.136. The minimum absolute atomic E-state index is 0.131. The van der Waals surface area contributed by atoms with Gasteiger partial charge in [-0.3, -0.25) is 19.5 Å². The van der Waals surface area contributed by atoms with Gasteiger partial charge in [0.2, 0.25) is 0 Å². The topological polar surface area (TPSA) is 62.3 Å². The van der Waals surface area contributed by atoms with Crippen LogP contribution >= 0.6 is 0 Å². The molecule has 5 heteroatoms. The summed E-state index contributed by atoms with van der Waals surface area (Å²) in [4.78, 5) is 30.2. The lowest BCUT2D eigenvalue weighted by Gasteiger charge is -2.44. The van der Waals surface area contributed by atoms with Gasteiger partial charge in [0.25, 0.3) is 5.91 Å². The Balaban J connectivity index is 1.61. The van der Waals surface area contributed by atoms with E-state index >= 15 is 0 Å². The first kappa shape index (κ1) is 12.3. The SMILES string of the molecule is O=C(NCC1C(=O)C2CCN1CC2)c1cccnc1. The van der Waals surface area contributed by atoms with Crippen LogP contribution in [-0.4, -0.2) is 47.3 Å². The van der Waals surface area contributed by atoms with Crippen LogP contribution in [0.1, 0.15) is 23.2 Å². The van der Waals surface area contributed by atoms with Crippen LogP contribution in [0.3, 0.4) is 0 Å². The van der Waals surface area contributed by atoms with Crippen molar-refractivity contribution in [3.8, 4) is 0 Å². The molecular weight excluding hydrogens is 242 g/mol. The van der Waals surface area contributed by atoms with Gasteiger partial charge in [0, 0.05) is 24.9 Å². The number of carbonyl (C=O) groups is 2. The number of pyridine rings is 1. The van der Waals surface area contributed by atoms with Crippen molar-refractivity contribution < 1.29 is 9.59 Å². The molecule has 2 bridgehead atoms. The van der Waals surface area contributed by atoms with Gasteiger partial charge in [0.15, 0.2) is 5.78 Å². The minimum Gasteiger partial charge on any atom is -0.350 e. The van der Waals surface area contributed by atoms with Gasteiger partial charge in [-0.05, 0) is 38.1 Å². The summed E-state index contributed by atoms with van der Waals surface area (Å²) in [6, 6.07) is 3.32. The van der Waals surface area contributed by atoms with Crippen molar-refractivity contribution in [1.82, 2.24) is 15.2 Å². The van der Waals surface area contributed by atoms with E-state index in [0.29, 0.717) is 17.9 Å². The Kier molecular flexibility index (Phi) is 3.29. The molecular formula is C14H17N3O2. The molecule has 1 atom stereocenters. The molecule has 3 aliphatic rings. The third-order valence-electron chi connectivity index (χ3n) is 4.08. The van der Waals surface area contributed by atoms with E-state index in [1.54, 1.807) is 18.3 Å². The summed E-state index contributed by atoms with van der Waals surface area (Å²) in [5.41, 5.74) is 0.533. The molecule has 3 aliphatic heterocycles. The normalized spacial score (nSPS) is 29.3. The Bertz CT molecular complexity index is 481. The van der Waals surface area contributed by atoms with Crippen molar-refractivity contribution in [2.24, 2.45) is 5.92 Å². The Hall–Kier alpha value is -1.75. The first-order valence-corrected chi connectivity index (χ1v) is 6.71. The van der Waals surface area contributed by atoms with Crippen molar-refractivity contribution in [1.29, 1.82) is 0 Å². The highest BCUT2D eigenvalue weighted by Gasteiger charge is 2.40. The van der Waals surface area contributed by atoms with Crippen LogP contribution in [0.15, 0.2) is 24.5 Å². The molecule has 0 saturated carbocycles. The van der Waals surface area contributed by atoms with E-state index in [4.69, 9.17) is 0 Å². The molecule has 100 valence electrons. The molecule has 0 aromatic carbocycles. The fourth-order valence-corrected chi connectivity index (χ4v) is 2.97. The first-order valence-electron chi connectivity index (χ1n) is 6.71. The summed E-state index contributed by atoms with van der Waals surface area (Å²) in [5.74, 6) is 0.345. The zero-order chi connectivity index (χ0) is 13.2. The van der Waals surface area contributed by atoms with E-state index in [2.05, 4.69) is 15.2 Å². The van der Waals surface area contributed by atoms with Crippen LogP contribution in [0.4, 0.5) is 0 Å². The number of nitrogens with one attached hydrogen (secondary N) is 1. The third-order valence-corrected chi connectivity index (χ3v) is 4.08. The molecule has 5 nitrogen and oxygen atoms in total. The minimum atomic E-state index is -0.163. The number of nitrogens with zero attached hydrogens (tertiary/aromatic N) is 2. The number of aromatic nitrogens is 1. The standard InChI is InChI=1S/C14H17N3O2/c18-13-10-3-6-17(7-4-10)12(13)9-16-14(19)11-2-1-5-15-8-11/h1-2,5,8,10,12H,3-4,6-7,9H2,(H,16,19). The van der Waals surface area contributed by atoms with Crippen molar-refractivity contribution >= 4 is 11.7 Å². The van der Waals surface area contributed by atoms with E-state index in [-0.39, 0.29) is 17.9 Å². The van der Waals surface area contributed by atoms with Gasteiger partial charge in [-0.2, -0.15) is 0 Å². The smallest absolute Gasteiger partial charge is 0.252 e. The van der Waals surface area contributed by atoms with Crippen LogP contribution in [0.5, 0.6) is 0 Å². The fourth-order valence-electron chi connectivity index (χ4n) is 2.97. The summed E-state index contributed by atoms with van der Waals surface area (Å²) in [7, 11) is 0. The van der Waals surface area contributed by atoms with Crippen LogP contribution in [0, 0.1) is 5.92 Å². The van der Waals surface area contributed by atoms with Gasteiger partial charge < -0.3 is 5.32 Å². The van der Waals surface area contributed by atoms with Gasteiger partial charge in [-0.15, -0.1) is 0 Å². The predicted octanol–water partition coefficient (Wildman–Crippen LogP) is 0.475. The average Bonchev–Trinajstić information content (AvgIpc) is 2.48. The monoisotopic (exact) mass is 259 g/mol. The number of hydrogen-bond donors (Lipinski definition) is 1.